The summed E-state index contributed by atoms with van der Waals surface area (Å²) in [6.07, 6.45) is 4.50. The van der Waals surface area contributed by atoms with Gasteiger partial charge in [0.25, 0.3) is 0 Å². The summed E-state index contributed by atoms with van der Waals surface area (Å²) < 4.78 is 0. The lowest BCUT2D eigenvalue weighted by atomic mass is 10.3. The first-order valence-corrected chi connectivity index (χ1v) is 6.82. The molecule has 1 atom stereocenters. The first-order valence-electron chi connectivity index (χ1n) is 5.43. The summed E-state index contributed by atoms with van der Waals surface area (Å²) in [5.41, 5.74) is 0. The van der Waals surface area contributed by atoms with E-state index in [4.69, 9.17) is 0 Å². The van der Waals surface area contributed by atoms with E-state index < -0.39 is 0 Å². The number of nitrogens with zero attached hydrogens (tertiary/aromatic N) is 1. The molecule has 3 nitrogen and oxygen atoms in total. The Morgan fingerprint density at radius 2 is 2.14 bits per heavy atom. The van der Waals surface area contributed by atoms with E-state index in [-0.39, 0.29) is 6.10 Å². The van der Waals surface area contributed by atoms with Crippen molar-refractivity contribution in [3.63, 3.8) is 0 Å². The van der Waals surface area contributed by atoms with Crippen molar-refractivity contribution in [1.29, 1.82) is 0 Å². The normalized spacial score (nSPS) is 20.1. The summed E-state index contributed by atoms with van der Waals surface area (Å²) in [5.74, 6) is 1.12. The van der Waals surface area contributed by atoms with Crippen LogP contribution in [0.1, 0.15) is 12.8 Å². The van der Waals surface area contributed by atoms with Crippen LogP contribution >= 0.6 is 11.8 Å². The zero-order valence-corrected chi connectivity index (χ0v) is 9.85. The van der Waals surface area contributed by atoms with Crippen LogP contribution in [0.3, 0.4) is 0 Å². The van der Waals surface area contributed by atoms with Crippen LogP contribution in [-0.2, 0) is 0 Å². The summed E-state index contributed by atoms with van der Waals surface area (Å²) >= 11 is 1.83. The Bertz CT molecular complexity index is 140. The van der Waals surface area contributed by atoms with Gasteiger partial charge < -0.3 is 15.3 Å². The first-order chi connectivity index (χ1) is 6.83. The van der Waals surface area contributed by atoms with Gasteiger partial charge in [0.1, 0.15) is 0 Å². The van der Waals surface area contributed by atoms with Gasteiger partial charge in [-0.15, -0.1) is 0 Å². The standard InChI is InChI=1S/C10H22N2OS/c1-14-7-4-11-8-10(13)9-12-5-2-3-6-12/h10-11,13H,2-9H2,1H3. The number of β-amino-alcohol motifs (C(OH)–C–C–N with tert-alkyl or cyclic N) is 1. The van der Waals surface area contributed by atoms with Gasteiger partial charge in [-0.2, -0.15) is 11.8 Å². The molecule has 0 radical (unpaired) electrons. The van der Waals surface area contributed by atoms with E-state index in [0.29, 0.717) is 0 Å². The van der Waals surface area contributed by atoms with E-state index in [1.165, 1.54) is 25.9 Å². The molecule has 4 heteroatoms. The van der Waals surface area contributed by atoms with E-state index in [2.05, 4.69) is 16.5 Å². The van der Waals surface area contributed by atoms with E-state index >= 15 is 0 Å². The predicted molar refractivity (Wildman–Crippen MR) is 62.9 cm³/mol. The fourth-order valence-electron chi connectivity index (χ4n) is 1.77. The van der Waals surface area contributed by atoms with Gasteiger partial charge in [0, 0.05) is 25.4 Å². The molecular formula is C10H22N2OS. The molecule has 0 bridgehead atoms. The third-order valence-corrected chi connectivity index (χ3v) is 3.14. The van der Waals surface area contributed by atoms with Crippen LogP contribution in [0.2, 0.25) is 0 Å². The van der Waals surface area contributed by atoms with E-state index in [1.807, 2.05) is 11.8 Å². The van der Waals surface area contributed by atoms with Crippen molar-refractivity contribution in [1.82, 2.24) is 10.2 Å². The summed E-state index contributed by atoms with van der Waals surface area (Å²) in [4.78, 5) is 2.35. The third-order valence-electron chi connectivity index (χ3n) is 2.53. The highest BCUT2D eigenvalue weighted by Crippen LogP contribution is 2.07. The van der Waals surface area contributed by atoms with Crippen LogP contribution < -0.4 is 5.32 Å². The maximum atomic E-state index is 9.70. The molecule has 0 aromatic carbocycles. The number of rotatable bonds is 7. The number of hydrogen-bond acceptors (Lipinski definition) is 4. The Kier molecular flexibility index (Phi) is 6.60. The third kappa shape index (κ3) is 5.20. The summed E-state index contributed by atoms with van der Waals surface area (Å²) in [5, 5.41) is 13.0. The zero-order valence-electron chi connectivity index (χ0n) is 9.04. The van der Waals surface area contributed by atoms with Crippen LogP contribution in [0.4, 0.5) is 0 Å². The van der Waals surface area contributed by atoms with Gasteiger partial charge in [-0.1, -0.05) is 0 Å². The van der Waals surface area contributed by atoms with E-state index in [0.717, 1.165) is 25.4 Å². The maximum absolute atomic E-state index is 9.70. The van der Waals surface area contributed by atoms with Crippen LogP contribution in [0.5, 0.6) is 0 Å². The molecule has 2 N–H and O–H groups in total. The maximum Gasteiger partial charge on any atom is 0.0791 e. The SMILES string of the molecule is CSCCNCC(O)CN1CCCC1. The molecule has 0 saturated carbocycles. The van der Waals surface area contributed by atoms with Gasteiger partial charge in [0.05, 0.1) is 6.10 Å². The van der Waals surface area contributed by atoms with Gasteiger partial charge >= 0.3 is 0 Å². The molecule has 1 aliphatic rings. The minimum Gasteiger partial charge on any atom is -0.390 e. The fraction of sp³-hybridized carbons (Fsp3) is 1.00. The van der Waals surface area contributed by atoms with Gasteiger partial charge in [0.15, 0.2) is 0 Å². The Balaban J connectivity index is 1.95. The van der Waals surface area contributed by atoms with Crippen molar-refractivity contribution in [2.75, 3.05) is 44.7 Å². The second kappa shape index (κ2) is 7.51. The lowest BCUT2D eigenvalue weighted by Crippen LogP contribution is -2.37. The molecule has 0 aliphatic carbocycles. The number of aliphatic hydroxyl groups is 1. The van der Waals surface area contributed by atoms with Crippen LogP contribution in [0.15, 0.2) is 0 Å². The van der Waals surface area contributed by atoms with Crippen molar-refractivity contribution in [3.05, 3.63) is 0 Å². The molecular weight excluding hydrogens is 196 g/mol. The predicted octanol–water partition coefficient (Wildman–Crippen LogP) is 0.396. The summed E-state index contributed by atoms with van der Waals surface area (Å²) in [7, 11) is 0. The van der Waals surface area contributed by atoms with Crippen molar-refractivity contribution in [2.24, 2.45) is 0 Å². The second-order valence-electron chi connectivity index (χ2n) is 3.86. The summed E-state index contributed by atoms with van der Waals surface area (Å²) in [6.45, 7) is 4.91. The van der Waals surface area contributed by atoms with Gasteiger partial charge in [0.2, 0.25) is 0 Å². The molecule has 84 valence electrons. The largest absolute Gasteiger partial charge is 0.390 e. The molecule has 1 saturated heterocycles. The molecule has 1 unspecified atom stereocenters. The smallest absolute Gasteiger partial charge is 0.0791 e. The molecule has 1 heterocycles. The van der Waals surface area contributed by atoms with Gasteiger partial charge in [-0.3, -0.25) is 0 Å². The molecule has 14 heavy (non-hydrogen) atoms. The number of aliphatic hydroxyl groups excluding tert-OH is 1. The molecule has 0 spiro atoms. The van der Waals surface area contributed by atoms with E-state index in [1.54, 1.807) is 0 Å². The molecule has 1 fully saturated rings. The Hall–Kier alpha value is 0.230. The Morgan fingerprint density at radius 3 is 2.79 bits per heavy atom. The molecule has 1 rings (SSSR count). The topological polar surface area (TPSA) is 35.5 Å². The van der Waals surface area contributed by atoms with Crippen molar-refractivity contribution < 1.29 is 5.11 Å². The highest BCUT2D eigenvalue weighted by atomic mass is 32.2. The van der Waals surface area contributed by atoms with Crippen molar-refractivity contribution in [2.45, 2.75) is 18.9 Å². The van der Waals surface area contributed by atoms with Crippen LogP contribution in [-0.4, -0.2) is 60.8 Å². The highest BCUT2D eigenvalue weighted by molar-refractivity contribution is 7.98. The molecule has 0 aromatic rings. The molecule has 1 aliphatic heterocycles. The van der Waals surface area contributed by atoms with Crippen LogP contribution in [0.25, 0.3) is 0 Å². The lowest BCUT2D eigenvalue weighted by Gasteiger charge is -2.19. The summed E-state index contributed by atoms with van der Waals surface area (Å²) in [6, 6.07) is 0. The first kappa shape index (κ1) is 12.3. The number of likely N-dealkylation sites (tertiary alicyclic amines) is 1. The monoisotopic (exact) mass is 218 g/mol. The number of hydrogen-bond donors (Lipinski definition) is 2. The molecule has 0 amide bonds. The van der Waals surface area contributed by atoms with Gasteiger partial charge in [-0.25, -0.2) is 0 Å². The van der Waals surface area contributed by atoms with E-state index in [9.17, 15) is 5.11 Å². The van der Waals surface area contributed by atoms with Crippen molar-refractivity contribution in [3.8, 4) is 0 Å². The Morgan fingerprint density at radius 1 is 1.43 bits per heavy atom. The minimum atomic E-state index is -0.199. The van der Waals surface area contributed by atoms with Crippen LogP contribution in [0, 0.1) is 0 Å². The minimum absolute atomic E-state index is 0.199. The van der Waals surface area contributed by atoms with Gasteiger partial charge in [-0.05, 0) is 32.2 Å². The average Bonchev–Trinajstić information content (AvgIpc) is 2.65. The number of thioether (sulfide) groups is 1. The second-order valence-corrected chi connectivity index (χ2v) is 4.84. The lowest BCUT2D eigenvalue weighted by molar-refractivity contribution is 0.124. The van der Waals surface area contributed by atoms with Crippen molar-refractivity contribution >= 4 is 11.8 Å². The molecule has 0 aromatic heterocycles. The quantitative estimate of drug-likeness (QED) is 0.606. The average molecular weight is 218 g/mol. The zero-order chi connectivity index (χ0) is 10.2. The number of nitrogens with one attached hydrogen (secondary N) is 1. The highest BCUT2D eigenvalue weighted by Gasteiger charge is 2.14. The Labute approximate surface area is 91.2 Å². The fourth-order valence-corrected chi connectivity index (χ4v) is 2.12.